The number of benzene rings is 1. The van der Waals surface area contributed by atoms with Gasteiger partial charge in [0.25, 0.3) is 0 Å². The van der Waals surface area contributed by atoms with Crippen LogP contribution in [-0.2, 0) is 4.79 Å². The van der Waals surface area contributed by atoms with Crippen LogP contribution in [0.5, 0.6) is 5.75 Å². The number of hydrogen-bond acceptors (Lipinski definition) is 3. The van der Waals surface area contributed by atoms with Crippen molar-refractivity contribution in [1.29, 1.82) is 0 Å². The standard InChI is InChI=1S/C19H29NO4/c1-20-18(21)10-8-6-4-2-3-5-7-9-15-24-17-13-11-16(12-14-17)19(22)23/h11-14H,2-10,15H2,1H3,(H,20,21)(H,22,23). The van der Waals surface area contributed by atoms with E-state index in [2.05, 4.69) is 5.32 Å². The molecule has 0 radical (unpaired) electrons. The number of hydrogen-bond donors (Lipinski definition) is 2. The summed E-state index contributed by atoms with van der Waals surface area (Å²) < 4.78 is 5.60. The number of amides is 1. The minimum Gasteiger partial charge on any atom is -0.494 e. The van der Waals surface area contributed by atoms with Crippen molar-refractivity contribution < 1.29 is 19.4 Å². The van der Waals surface area contributed by atoms with Crippen LogP contribution >= 0.6 is 0 Å². The van der Waals surface area contributed by atoms with Crippen LogP contribution < -0.4 is 10.1 Å². The second kappa shape index (κ2) is 12.4. The van der Waals surface area contributed by atoms with Crippen LogP contribution in [0, 0.1) is 0 Å². The number of carbonyl (C=O) groups is 2. The van der Waals surface area contributed by atoms with Crippen LogP contribution in [-0.4, -0.2) is 30.6 Å². The highest BCUT2D eigenvalue weighted by molar-refractivity contribution is 5.87. The molecule has 24 heavy (non-hydrogen) atoms. The zero-order valence-corrected chi connectivity index (χ0v) is 14.6. The summed E-state index contributed by atoms with van der Waals surface area (Å²) in [6.07, 6.45) is 9.76. The first kappa shape index (κ1) is 20.0. The van der Waals surface area contributed by atoms with E-state index in [1.807, 2.05) is 0 Å². The molecule has 0 heterocycles. The average Bonchev–Trinajstić information content (AvgIpc) is 2.59. The predicted octanol–water partition coefficient (Wildman–Crippen LogP) is 4.02. The van der Waals surface area contributed by atoms with E-state index < -0.39 is 5.97 Å². The summed E-state index contributed by atoms with van der Waals surface area (Å²) in [7, 11) is 1.68. The van der Waals surface area contributed by atoms with E-state index in [9.17, 15) is 9.59 Å². The molecule has 1 rings (SSSR count). The zero-order valence-electron chi connectivity index (χ0n) is 14.6. The molecule has 0 spiro atoms. The quantitative estimate of drug-likeness (QED) is 0.534. The molecule has 0 aliphatic heterocycles. The van der Waals surface area contributed by atoms with Gasteiger partial charge in [-0.25, -0.2) is 4.79 Å². The summed E-state index contributed by atoms with van der Waals surface area (Å²) in [6.45, 7) is 0.665. The number of nitrogens with one attached hydrogen (secondary N) is 1. The lowest BCUT2D eigenvalue weighted by Crippen LogP contribution is -2.16. The van der Waals surface area contributed by atoms with Gasteiger partial charge in [-0.05, 0) is 37.1 Å². The highest BCUT2D eigenvalue weighted by Gasteiger charge is 2.02. The van der Waals surface area contributed by atoms with Gasteiger partial charge in [-0.1, -0.05) is 38.5 Å². The second-order valence-corrected chi connectivity index (χ2v) is 5.93. The number of aromatic carboxylic acids is 1. The summed E-state index contributed by atoms with van der Waals surface area (Å²) in [4.78, 5) is 21.8. The highest BCUT2D eigenvalue weighted by atomic mass is 16.5. The van der Waals surface area contributed by atoms with Gasteiger partial charge in [-0.2, -0.15) is 0 Å². The summed E-state index contributed by atoms with van der Waals surface area (Å²) in [5.74, 6) is -0.0705. The number of ether oxygens (including phenoxy) is 1. The Morgan fingerprint density at radius 2 is 1.46 bits per heavy atom. The fourth-order valence-electron chi connectivity index (χ4n) is 2.46. The van der Waals surface area contributed by atoms with Crippen molar-refractivity contribution in [2.75, 3.05) is 13.7 Å². The first-order valence-corrected chi connectivity index (χ1v) is 8.80. The van der Waals surface area contributed by atoms with Crippen molar-refractivity contribution >= 4 is 11.9 Å². The smallest absolute Gasteiger partial charge is 0.335 e. The first-order valence-electron chi connectivity index (χ1n) is 8.80. The van der Waals surface area contributed by atoms with Crippen molar-refractivity contribution in [2.24, 2.45) is 0 Å². The molecular weight excluding hydrogens is 306 g/mol. The zero-order chi connectivity index (χ0) is 17.6. The van der Waals surface area contributed by atoms with E-state index in [-0.39, 0.29) is 11.5 Å². The monoisotopic (exact) mass is 335 g/mol. The van der Waals surface area contributed by atoms with Crippen molar-refractivity contribution in [3.05, 3.63) is 29.8 Å². The molecule has 5 nitrogen and oxygen atoms in total. The molecule has 1 aromatic carbocycles. The number of carboxylic acids is 1. The summed E-state index contributed by atoms with van der Waals surface area (Å²) in [5, 5.41) is 11.5. The molecule has 134 valence electrons. The van der Waals surface area contributed by atoms with Gasteiger partial charge in [0.05, 0.1) is 12.2 Å². The molecule has 0 bridgehead atoms. The maximum Gasteiger partial charge on any atom is 0.335 e. The Kier molecular flexibility index (Phi) is 10.3. The molecule has 2 N–H and O–H groups in total. The first-order chi connectivity index (χ1) is 11.6. The van der Waals surface area contributed by atoms with Crippen LogP contribution in [0.3, 0.4) is 0 Å². The van der Waals surface area contributed by atoms with E-state index >= 15 is 0 Å². The number of carboxylic acid groups (broad SMARTS) is 1. The van der Waals surface area contributed by atoms with Crippen molar-refractivity contribution in [3.8, 4) is 5.75 Å². The second-order valence-electron chi connectivity index (χ2n) is 5.93. The molecule has 1 amide bonds. The Hall–Kier alpha value is -2.04. The van der Waals surface area contributed by atoms with Gasteiger partial charge < -0.3 is 15.2 Å². The largest absolute Gasteiger partial charge is 0.494 e. The third-order valence-electron chi connectivity index (χ3n) is 3.95. The van der Waals surface area contributed by atoms with Gasteiger partial charge in [0, 0.05) is 13.5 Å². The maximum atomic E-state index is 11.0. The van der Waals surface area contributed by atoms with Crippen LogP contribution in [0.2, 0.25) is 0 Å². The molecule has 5 heteroatoms. The molecule has 0 fully saturated rings. The minimum absolute atomic E-state index is 0.132. The van der Waals surface area contributed by atoms with E-state index in [0.717, 1.165) is 31.4 Å². The predicted molar refractivity (Wildman–Crippen MR) is 94.5 cm³/mol. The van der Waals surface area contributed by atoms with Crippen LogP contribution in [0.25, 0.3) is 0 Å². The van der Waals surface area contributed by atoms with Gasteiger partial charge in [-0.15, -0.1) is 0 Å². The summed E-state index contributed by atoms with van der Waals surface area (Å²) in [6, 6.07) is 6.51. The van der Waals surface area contributed by atoms with E-state index in [1.165, 1.54) is 25.7 Å². The van der Waals surface area contributed by atoms with Gasteiger partial charge in [0.15, 0.2) is 0 Å². The molecular formula is C19H29NO4. The lowest BCUT2D eigenvalue weighted by molar-refractivity contribution is -0.120. The average molecular weight is 335 g/mol. The van der Waals surface area contributed by atoms with Crippen molar-refractivity contribution in [3.63, 3.8) is 0 Å². The van der Waals surface area contributed by atoms with Crippen LogP contribution in [0.15, 0.2) is 24.3 Å². The third-order valence-corrected chi connectivity index (χ3v) is 3.95. The van der Waals surface area contributed by atoms with Gasteiger partial charge in [-0.3, -0.25) is 4.79 Å². The fraction of sp³-hybridized carbons (Fsp3) is 0.579. The topological polar surface area (TPSA) is 75.6 Å². The van der Waals surface area contributed by atoms with Crippen LogP contribution in [0.4, 0.5) is 0 Å². The summed E-state index contributed by atoms with van der Waals surface area (Å²) >= 11 is 0. The Morgan fingerprint density at radius 1 is 0.917 bits per heavy atom. The number of carbonyl (C=O) groups excluding carboxylic acids is 1. The molecule has 0 aromatic heterocycles. The Balaban J connectivity index is 1.92. The SMILES string of the molecule is CNC(=O)CCCCCCCCCCOc1ccc(C(=O)O)cc1. The van der Waals surface area contributed by atoms with Crippen molar-refractivity contribution in [2.45, 2.75) is 57.8 Å². The normalized spacial score (nSPS) is 10.4. The fourth-order valence-corrected chi connectivity index (χ4v) is 2.46. The minimum atomic E-state index is -0.921. The van der Waals surface area contributed by atoms with E-state index in [1.54, 1.807) is 31.3 Å². The molecule has 0 unspecified atom stereocenters. The van der Waals surface area contributed by atoms with E-state index in [4.69, 9.17) is 9.84 Å². The summed E-state index contributed by atoms with van der Waals surface area (Å²) in [5.41, 5.74) is 0.276. The maximum absolute atomic E-state index is 11.0. The Morgan fingerprint density at radius 3 is 2.00 bits per heavy atom. The van der Waals surface area contributed by atoms with Crippen LogP contribution in [0.1, 0.15) is 68.1 Å². The van der Waals surface area contributed by atoms with Gasteiger partial charge in [0.1, 0.15) is 5.75 Å². The number of rotatable bonds is 13. The van der Waals surface area contributed by atoms with Crippen molar-refractivity contribution in [1.82, 2.24) is 5.32 Å². The number of unbranched alkanes of at least 4 members (excludes halogenated alkanes) is 7. The highest BCUT2D eigenvalue weighted by Crippen LogP contribution is 2.14. The molecule has 0 saturated heterocycles. The molecule has 1 aromatic rings. The molecule has 0 atom stereocenters. The van der Waals surface area contributed by atoms with Gasteiger partial charge in [0.2, 0.25) is 5.91 Å². The molecule has 0 aliphatic carbocycles. The van der Waals surface area contributed by atoms with Gasteiger partial charge >= 0.3 is 5.97 Å². The lowest BCUT2D eigenvalue weighted by atomic mass is 10.1. The molecule has 0 aliphatic rings. The molecule has 0 saturated carbocycles. The third kappa shape index (κ3) is 9.18. The Bertz CT molecular complexity index is 485. The lowest BCUT2D eigenvalue weighted by Gasteiger charge is -2.06. The van der Waals surface area contributed by atoms with E-state index in [0.29, 0.717) is 13.0 Å². The Labute approximate surface area is 144 Å².